The van der Waals surface area contributed by atoms with Crippen molar-refractivity contribution in [2.24, 2.45) is 0 Å². The fourth-order valence-corrected chi connectivity index (χ4v) is 3.81. The fraction of sp³-hybridized carbons (Fsp3) is 0.375. The summed E-state index contributed by atoms with van der Waals surface area (Å²) in [6.07, 6.45) is 2.31. The third kappa shape index (κ3) is 5.23. The van der Waals surface area contributed by atoms with Gasteiger partial charge in [-0.2, -0.15) is 8.42 Å². The number of hydrogen-bond acceptors (Lipinski definition) is 8. The fourth-order valence-electron chi connectivity index (χ4n) is 2.69. The van der Waals surface area contributed by atoms with E-state index < -0.39 is 21.0 Å². The van der Waals surface area contributed by atoms with Crippen LogP contribution in [-0.4, -0.2) is 55.0 Å². The smallest absolute Gasteiger partial charge is 0.332 e. The molecule has 0 atom stereocenters. The van der Waals surface area contributed by atoms with Crippen LogP contribution in [0.25, 0.3) is 0 Å². The Morgan fingerprint density at radius 2 is 1.93 bits per heavy atom. The second-order valence-electron chi connectivity index (χ2n) is 6.09. The van der Waals surface area contributed by atoms with E-state index in [1.165, 1.54) is 12.1 Å². The van der Waals surface area contributed by atoms with Gasteiger partial charge in [-0.05, 0) is 37.1 Å². The summed E-state index contributed by atoms with van der Waals surface area (Å²) in [6, 6.07) is 4.45. The first-order chi connectivity index (χ1) is 13.3. The molecule has 2 aromatic rings. The first kappa shape index (κ1) is 20.1. The number of benzene rings is 1. The summed E-state index contributed by atoms with van der Waals surface area (Å²) in [5, 5.41) is 14.2. The van der Waals surface area contributed by atoms with Gasteiger partial charge >= 0.3 is 10.2 Å². The van der Waals surface area contributed by atoms with Gasteiger partial charge in [0.2, 0.25) is 16.2 Å². The number of nitrogens with zero attached hydrogens (tertiary/aromatic N) is 3. The minimum Gasteiger partial charge on any atom is -0.360 e. The molecule has 1 saturated heterocycles. The molecule has 1 aliphatic rings. The Kier molecular flexibility index (Phi) is 6.19. The Balaban J connectivity index is 1.47. The van der Waals surface area contributed by atoms with Crippen LogP contribution in [0.5, 0.6) is 0 Å². The highest BCUT2D eigenvalue weighted by atomic mass is 32.3. The molecule has 2 amide bonds. The lowest BCUT2D eigenvalue weighted by Gasteiger charge is -2.14. The topological polar surface area (TPSA) is 121 Å². The average Bonchev–Trinajstić information content (AvgIpc) is 3.27. The van der Waals surface area contributed by atoms with E-state index in [0.29, 0.717) is 24.6 Å². The molecule has 3 rings (SSSR count). The molecule has 0 unspecified atom stereocenters. The van der Waals surface area contributed by atoms with E-state index in [-0.39, 0.29) is 16.6 Å². The first-order valence-electron chi connectivity index (χ1n) is 8.54. The van der Waals surface area contributed by atoms with Gasteiger partial charge in [-0.25, -0.2) is 0 Å². The zero-order valence-corrected chi connectivity index (χ0v) is 16.4. The number of rotatable bonds is 8. The van der Waals surface area contributed by atoms with Crippen LogP contribution < -0.4 is 10.6 Å². The van der Waals surface area contributed by atoms with Crippen LogP contribution in [0.2, 0.25) is 0 Å². The summed E-state index contributed by atoms with van der Waals surface area (Å²) in [4.78, 5) is 25.0. The molecule has 1 aliphatic heterocycles. The maximum atomic E-state index is 12.9. The van der Waals surface area contributed by atoms with Gasteiger partial charge in [0.05, 0.1) is 4.90 Å². The Morgan fingerprint density at radius 1 is 1.21 bits per heavy atom. The van der Waals surface area contributed by atoms with Crippen molar-refractivity contribution in [1.82, 2.24) is 15.1 Å². The van der Waals surface area contributed by atoms with E-state index in [1.807, 2.05) is 4.90 Å². The molecule has 2 N–H and O–H groups in total. The summed E-state index contributed by atoms with van der Waals surface area (Å²) in [6.45, 7) is 2.12. The number of hydrogen-bond donors (Lipinski definition) is 2. The molecule has 1 aromatic carbocycles. The van der Waals surface area contributed by atoms with Crippen molar-refractivity contribution in [3.05, 3.63) is 29.8 Å². The van der Waals surface area contributed by atoms with E-state index in [1.54, 1.807) is 0 Å². The zero-order chi connectivity index (χ0) is 20.1. The summed E-state index contributed by atoms with van der Waals surface area (Å²) in [5.41, 5.74) is 0.160. The SMILES string of the molecule is O=C(Nc1nnc(NCCCN2CCCC2=O)s1)c1ccc(S(=O)(=O)F)cc1. The maximum absolute atomic E-state index is 12.9. The summed E-state index contributed by atoms with van der Waals surface area (Å²) >= 11 is 1.14. The van der Waals surface area contributed by atoms with Crippen LogP contribution in [0.3, 0.4) is 0 Å². The number of aromatic nitrogens is 2. The second kappa shape index (κ2) is 8.61. The quantitative estimate of drug-likeness (QED) is 0.487. The van der Waals surface area contributed by atoms with Crippen molar-refractivity contribution >= 4 is 43.6 Å². The standard InChI is InChI=1S/C16H18FN5O4S2/c17-28(25,26)12-6-4-11(5-7-12)14(24)19-16-21-20-15(27-16)18-8-2-10-22-9-1-3-13(22)23/h4-7H,1-3,8-10H2,(H,18,20)(H,19,21,24). The summed E-state index contributed by atoms with van der Waals surface area (Å²) < 4.78 is 34.5. The maximum Gasteiger partial charge on any atom is 0.332 e. The Bertz CT molecular complexity index is 962. The normalized spacial score (nSPS) is 14.3. The highest BCUT2D eigenvalue weighted by Gasteiger charge is 2.19. The van der Waals surface area contributed by atoms with E-state index in [2.05, 4.69) is 20.8 Å². The molecule has 12 heteroatoms. The number of likely N-dealkylation sites (tertiary alicyclic amines) is 1. The number of carbonyl (C=O) groups is 2. The van der Waals surface area contributed by atoms with Gasteiger partial charge in [0.25, 0.3) is 5.91 Å². The van der Waals surface area contributed by atoms with Crippen molar-refractivity contribution in [2.45, 2.75) is 24.2 Å². The van der Waals surface area contributed by atoms with Crippen LogP contribution in [-0.2, 0) is 15.0 Å². The highest BCUT2D eigenvalue weighted by molar-refractivity contribution is 7.86. The van der Waals surface area contributed by atoms with Crippen molar-refractivity contribution in [1.29, 1.82) is 0 Å². The van der Waals surface area contributed by atoms with Gasteiger partial charge in [0.15, 0.2) is 0 Å². The van der Waals surface area contributed by atoms with Gasteiger partial charge in [-0.3, -0.25) is 14.9 Å². The van der Waals surface area contributed by atoms with Crippen LogP contribution in [0.15, 0.2) is 29.2 Å². The second-order valence-corrected chi connectivity index (χ2v) is 8.42. The van der Waals surface area contributed by atoms with Crippen molar-refractivity contribution in [3.63, 3.8) is 0 Å². The Morgan fingerprint density at radius 3 is 2.57 bits per heavy atom. The molecule has 150 valence electrons. The Labute approximate surface area is 165 Å². The summed E-state index contributed by atoms with van der Waals surface area (Å²) in [5.74, 6) is -0.323. The summed E-state index contributed by atoms with van der Waals surface area (Å²) in [7, 11) is -4.80. The van der Waals surface area contributed by atoms with Gasteiger partial charge in [-0.15, -0.1) is 14.1 Å². The molecule has 2 heterocycles. The molecule has 0 radical (unpaired) electrons. The van der Waals surface area contributed by atoms with Gasteiger partial charge in [0.1, 0.15) is 0 Å². The predicted octanol–water partition coefficient (Wildman–Crippen LogP) is 1.87. The molecule has 28 heavy (non-hydrogen) atoms. The molecule has 1 aromatic heterocycles. The molecule has 0 spiro atoms. The number of halogens is 1. The largest absolute Gasteiger partial charge is 0.360 e. The van der Waals surface area contributed by atoms with E-state index in [0.717, 1.165) is 42.9 Å². The molecular weight excluding hydrogens is 409 g/mol. The molecule has 0 saturated carbocycles. The highest BCUT2D eigenvalue weighted by Crippen LogP contribution is 2.21. The van der Waals surface area contributed by atoms with Crippen molar-refractivity contribution in [3.8, 4) is 0 Å². The van der Waals surface area contributed by atoms with Crippen LogP contribution >= 0.6 is 11.3 Å². The van der Waals surface area contributed by atoms with Crippen molar-refractivity contribution < 1.29 is 21.9 Å². The van der Waals surface area contributed by atoms with Crippen LogP contribution in [0.1, 0.15) is 29.6 Å². The van der Waals surface area contributed by atoms with E-state index in [9.17, 15) is 21.9 Å². The lowest BCUT2D eigenvalue weighted by atomic mass is 10.2. The minimum atomic E-state index is -4.80. The van der Waals surface area contributed by atoms with Crippen LogP contribution in [0.4, 0.5) is 14.1 Å². The number of nitrogens with one attached hydrogen (secondary N) is 2. The predicted molar refractivity (Wildman–Crippen MR) is 102 cm³/mol. The Hall–Kier alpha value is -2.60. The molecule has 0 bridgehead atoms. The van der Waals surface area contributed by atoms with Crippen molar-refractivity contribution in [2.75, 3.05) is 30.3 Å². The van der Waals surface area contributed by atoms with Crippen LogP contribution in [0, 0.1) is 0 Å². The van der Waals surface area contributed by atoms with E-state index in [4.69, 9.17) is 0 Å². The first-order valence-corrected chi connectivity index (χ1v) is 10.7. The molecule has 0 aliphatic carbocycles. The lowest BCUT2D eigenvalue weighted by molar-refractivity contribution is -0.127. The number of anilines is 2. The average molecular weight is 427 g/mol. The van der Waals surface area contributed by atoms with Gasteiger partial charge in [0, 0.05) is 31.6 Å². The van der Waals surface area contributed by atoms with E-state index >= 15 is 0 Å². The molecular formula is C16H18FN5O4S2. The zero-order valence-electron chi connectivity index (χ0n) is 14.7. The third-order valence-corrected chi connectivity index (χ3v) is 5.73. The monoisotopic (exact) mass is 427 g/mol. The molecule has 1 fully saturated rings. The van der Waals surface area contributed by atoms with Gasteiger partial charge < -0.3 is 10.2 Å². The lowest BCUT2D eigenvalue weighted by Crippen LogP contribution is -2.26. The van der Waals surface area contributed by atoms with Gasteiger partial charge in [-0.1, -0.05) is 11.3 Å². The number of carbonyl (C=O) groups excluding carboxylic acids is 2. The minimum absolute atomic E-state index is 0.160. The molecule has 9 nitrogen and oxygen atoms in total. The number of amides is 2. The third-order valence-electron chi connectivity index (χ3n) is 4.10.